The van der Waals surface area contributed by atoms with Crippen molar-refractivity contribution in [2.75, 3.05) is 21.3 Å². The van der Waals surface area contributed by atoms with E-state index in [2.05, 4.69) is 10.1 Å². The normalized spacial score (nSPS) is 14.6. The molecule has 0 aliphatic heterocycles. The molecule has 0 radical (unpaired) electrons. The number of hydrogen-bond acceptors (Lipinski definition) is 8. The summed E-state index contributed by atoms with van der Waals surface area (Å²) in [6, 6.07) is 2.59. The summed E-state index contributed by atoms with van der Waals surface area (Å²) in [6.07, 6.45) is -1.07. The molecule has 0 spiro atoms. The second kappa shape index (κ2) is 11.9. The lowest BCUT2D eigenvalue weighted by Crippen LogP contribution is -2.56. The summed E-state index contributed by atoms with van der Waals surface area (Å²) in [5.41, 5.74) is 11.4. The molecule has 1 aromatic carbocycles. The van der Waals surface area contributed by atoms with Crippen LogP contribution in [0.25, 0.3) is 0 Å². The Hall–Kier alpha value is -3.18. The van der Waals surface area contributed by atoms with Gasteiger partial charge in [-0.15, -0.1) is 0 Å². The summed E-state index contributed by atoms with van der Waals surface area (Å²) in [5, 5.41) is 12.1. The van der Waals surface area contributed by atoms with Gasteiger partial charge in [0.1, 0.15) is 23.9 Å². The Kier molecular flexibility index (Phi) is 9.90. The first kappa shape index (κ1) is 25.9. The molecule has 11 nitrogen and oxygen atoms in total. The van der Waals surface area contributed by atoms with Crippen LogP contribution < -0.4 is 16.8 Å². The molecule has 0 fully saturated rings. The fourth-order valence-electron chi connectivity index (χ4n) is 2.82. The molecule has 0 aliphatic rings. The van der Waals surface area contributed by atoms with Gasteiger partial charge in [0.05, 0.1) is 13.2 Å². The Bertz CT molecular complexity index is 784. The van der Waals surface area contributed by atoms with Crippen molar-refractivity contribution >= 4 is 23.7 Å². The van der Waals surface area contributed by atoms with Crippen LogP contribution >= 0.6 is 0 Å². The summed E-state index contributed by atoms with van der Waals surface area (Å²) in [6.45, 7) is 1.48. The molecule has 4 atom stereocenters. The van der Waals surface area contributed by atoms with E-state index in [0.717, 1.165) is 4.90 Å². The van der Waals surface area contributed by atoms with E-state index < -0.39 is 47.9 Å². The molecule has 6 N–H and O–H groups in total. The Morgan fingerprint density at radius 3 is 2.23 bits per heavy atom. The maximum atomic E-state index is 13.2. The molecule has 0 bridgehead atoms. The highest BCUT2D eigenvalue weighted by Crippen LogP contribution is 2.25. The monoisotopic (exact) mass is 438 g/mol. The van der Waals surface area contributed by atoms with E-state index in [1.807, 2.05) is 0 Å². The molecule has 0 saturated heterocycles. The zero-order valence-electron chi connectivity index (χ0n) is 18.0. The van der Waals surface area contributed by atoms with Crippen molar-refractivity contribution in [3.05, 3.63) is 29.8 Å². The number of amides is 3. The van der Waals surface area contributed by atoms with Crippen molar-refractivity contribution in [1.29, 1.82) is 0 Å². The van der Waals surface area contributed by atoms with E-state index in [-0.39, 0.29) is 18.6 Å². The third kappa shape index (κ3) is 7.23. The molecule has 3 amide bonds. The van der Waals surface area contributed by atoms with Crippen molar-refractivity contribution < 1.29 is 33.8 Å². The highest BCUT2D eigenvalue weighted by atomic mass is 16.5. The Morgan fingerprint density at radius 2 is 1.74 bits per heavy atom. The maximum absolute atomic E-state index is 13.2. The van der Waals surface area contributed by atoms with Gasteiger partial charge in [-0.3, -0.25) is 14.4 Å². The number of phenolic OH excluding ortho intramolecular Hbond substituents is 1. The predicted molar refractivity (Wildman–Crippen MR) is 110 cm³/mol. The smallest absolute Gasteiger partial charge is 0.328 e. The number of aromatic hydroxyl groups is 1. The van der Waals surface area contributed by atoms with Crippen molar-refractivity contribution in [3.8, 4) is 5.75 Å². The van der Waals surface area contributed by atoms with E-state index in [1.54, 1.807) is 0 Å². The zero-order chi connectivity index (χ0) is 23.7. The van der Waals surface area contributed by atoms with Gasteiger partial charge in [0.2, 0.25) is 17.7 Å². The van der Waals surface area contributed by atoms with Crippen molar-refractivity contribution in [3.63, 3.8) is 0 Å². The average Bonchev–Trinajstić information content (AvgIpc) is 2.75. The summed E-state index contributed by atoms with van der Waals surface area (Å²) in [4.78, 5) is 49.8. The molecule has 1 aromatic rings. The second-order valence-corrected chi connectivity index (χ2v) is 6.99. The molecule has 11 heteroatoms. The van der Waals surface area contributed by atoms with Gasteiger partial charge in [0.15, 0.2) is 0 Å². The fraction of sp³-hybridized carbons (Fsp3) is 0.500. The van der Waals surface area contributed by atoms with Gasteiger partial charge in [0, 0.05) is 20.6 Å². The number of phenols is 1. The van der Waals surface area contributed by atoms with Crippen molar-refractivity contribution in [2.24, 2.45) is 11.5 Å². The number of carbonyl (C=O) groups is 4. The predicted octanol–water partition coefficient (Wildman–Crippen LogP) is -0.823. The number of likely N-dealkylation sites (N-methyl/N-ethyl adjacent to an activating group) is 1. The van der Waals surface area contributed by atoms with Gasteiger partial charge in [0.25, 0.3) is 0 Å². The maximum Gasteiger partial charge on any atom is 0.328 e. The summed E-state index contributed by atoms with van der Waals surface area (Å²) in [7, 11) is 3.93. The van der Waals surface area contributed by atoms with Crippen LogP contribution in [0.3, 0.4) is 0 Å². The summed E-state index contributed by atoms with van der Waals surface area (Å²) < 4.78 is 10.2. The Labute approximate surface area is 180 Å². The van der Waals surface area contributed by atoms with E-state index >= 15 is 0 Å². The topological polar surface area (TPSA) is 174 Å². The molecule has 172 valence electrons. The lowest BCUT2D eigenvalue weighted by atomic mass is 9.99. The van der Waals surface area contributed by atoms with Crippen LogP contribution in [0.5, 0.6) is 5.75 Å². The van der Waals surface area contributed by atoms with Crippen LogP contribution in [0.2, 0.25) is 0 Å². The lowest BCUT2D eigenvalue weighted by Gasteiger charge is -2.32. The van der Waals surface area contributed by atoms with Gasteiger partial charge < -0.3 is 36.3 Å². The molecular formula is C20H30N4O7. The number of hydrogen-bond donors (Lipinski definition) is 4. The molecule has 1 rings (SSSR count). The lowest BCUT2D eigenvalue weighted by molar-refractivity contribution is -0.153. The highest BCUT2D eigenvalue weighted by Gasteiger charge is 2.37. The van der Waals surface area contributed by atoms with E-state index in [9.17, 15) is 24.3 Å². The number of primary amides is 1. The first-order valence-corrected chi connectivity index (χ1v) is 9.53. The summed E-state index contributed by atoms with van der Waals surface area (Å²) in [5.74, 6) is -2.57. The fourth-order valence-corrected chi connectivity index (χ4v) is 2.82. The van der Waals surface area contributed by atoms with E-state index in [0.29, 0.717) is 5.56 Å². The summed E-state index contributed by atoms with van der Waals surface area (Å²) >= 11 is 0. The minimum absolute atomic E-state index is 0.00661. The molecular weight excluding hydrogens is 408 g/mol. The average molecular weight is 438 g/mol. The number of carbonyl (C=O) groups excluding carboxylic acids is 4. The molecule has 0 saturated carbocycles. The third-order valence-corrected chi connectivity index (χ3v) is 4.85. The first-order valence-electron chi connectivity index (χ1n) is 9.53. The molecule has 1 unspecified atom stereocenters. The number of rotatable bonds is 11. The van der Waals surface area contributed by atoms with Gasteiger partial charge in [-0.2, -0.15) is 0 Å². The van der Waals surface area contributed by atoms with Gasteiger partial charge >= 0.3 is 5.97 Å². The van der Waals surface area contributed by atoms with E-state index in [4.69, 9.17) is 16.2 Å². The highest BCUT2D eigenvalue weighted by molar-refractivity contribution is 5.92. The van der Waals surface area contributed by atoms with E-state index in [1.165, 1.54) is 52.5 Å². The SMILES string of the molecule is COC(=O)[C@H](C)N(C)C(=O)[C@@H](NC(=O)[C@@H](N)CCC(N)=O)C(OC)c1ccc(O)cc1. The minimum atomic E-state index is -1.27. The third-order valence-electron chi connectivity index (χ3n) is 4.85. The van der Waals surface area contributed by atoms with Crippen LogP contribution in [0, 0.1) is 0 Å². The largest absolute Gasteiger partial charge is 0.508 e. The minimum Gasteiger partial charge on any atom is -0.508 e. The van der Waals surface area contributed by atoms with Crippen LogP contribution in [-0.4, -0.2) is 73.1 Å². The standard InChI is InChI=1S/C20H30N4O7/c1-11(20(29)31-4)24(2)19(28)16(23-18(27)14(21)9-10-15(22)26)17(30-3)12-5-7-13(25)8-6-12/h5-8,11,14,16-17,25H,9-10,21H2,1-4H3,(H2,22,26)(H,23,27)/t11-,14-,16-,17?/m0/s1. The van der Waals surface area contributed by atoms with Crippen molar-refractivity contribution in [1.82, 2.24) is 10.2 Å². The number of methoxy groups -OCH3 is 2. The number of esters is 1. The molecule has 0 heterocycles. The number of nitrogens with one attached hydrogen (secondary N) is 1. The Morgan fingerprint density at radius 1 is 1.16 bits per heavy atom. The Balaban J connectivity index is 3.22. The van der Waals surface area contributed by atoms with Crippen LogP contribution in [-0.2, 0) is 28.7 Å². The second-order valence-electron chi connectivity index (χ2n) is 6.99. The quantitative estimate of drug-likeness (QED) is 0.324. The number of ether oxygens (including phenoxy) is 2. The number of nitrogens with zero attached hydrogens (tertiary/aromatic N) is 1. The number of benzene rings is 1. The van der Waals surface area contributed by atoms with Crippen LogP contribution in [0.15, 0.2) is 24.3 Å². The molecule has 31 heavy (non-hydrogen) atoms. The first-order chi connectivity index (χ1) is 14.5. The number of nitrogens with two attached hydrogens (primary N) is 2. The molecule has 0 aliphatic carbocycles. The van der Waals surface area contributed by atoms with Crippen molar-refractivity contribution in [2.45, 2.75) is 44.0 Å². The van der Waals surface area contributed by atoms with Crippen LogP contribution in [0.1, 0.15) is 31.4 Å². The zero-order valence-corrected chi connectivity index (χ0v) is 18.0. The van der Waals surface area contributed by atoms with Crippen LogP contribution in [0.4, 0.5) is 0 Å². The van der Waals surface area contributed by atoms with Gasteiger partial charge in [-0.05, 0) is 31.0 Å². The molecule has 0 aromatic heterocycles. The van der Waals surface area contributed by atoms with Gasteiger partial charge in [-0.25, -0.2) is 4.79 Å². The van der Waals surface area contributed by atoms with Gasteiger partial charge in [-0.1, -0.05) is 12.1 Å².